The van der Waals surface area contributed by atoms with Gasteiger partial charge in [0, 0.05) is 24.0 Å². The number of thiophene rings is 1. The van der Waals surface area contributed by atoms with Gasteiger partial charge in [-0.25, -0.2) is 0 Å². The van der Waals surface area contributed by atoms with Crippen molar-refractivity contribution in [3.8, 4) is 0 Å². The quantitative estimate of drug-likeness (QED) is 0.868. The smallest absolute Gasteiger partial charge is 0.311 e. The fourth-order valence-corrected chi connectivity index (χ4v) is 3.29. The third-order valence-corrected chi connectivity index (χ3v) is 4.63. The molecule has 0 aromatic carbocycles. The number of rotatable bonds is 3. The number of piperidine rings is 1. The molecule has 1 N–H and O–H groups in total. The molecule has 1 aliphatic heterocycles. The Morgan fingerprint density at radius 3 is 2.65 bits per heavy atom. The van der Waals surface area contributed by atoms with Crippen LogP contribution in [0.15, 0.2) is 11.4 Å². The van der Waals surface area contributed by atoms with Gasteiger partial charge in [-0.3, -0.25) is 14.4 Å². The number of ketones is 1. The number of carboxylic acids is 1. The van der Waals surface area contributed by atoms with Crippen molar-refractivity contribution in [3.63, 3.8) is 0 Å². The summed E-state index contributed by atoms with van der Waals surface area (Å²) in [7, 11) is 0. The Bertz CT molecular complexity index is 565. The lowest BCUT2D eigenvalue weighted by molar-refractivity contribution is -0.150. The predicted octanol–water partition coefficient (Wildman–Crippen LogP) is 2.28. The highest BCUT2D eigenvalue weighted by molar-refractivity contribution is 7.12. The monoisotopic (exact) mass is 295 g/mol. The van der Waals surface area contributed by atoms with Gasteiger partial charge in [-0.05, 0) is 32.8 Å². The maximum atomic E-state index is 12.4. The Morgan fingerprint density at radius 2 is 2.10 bits per heavy atom. The van der Waals surface area contributed by atoms with Crippen LogP contribution in [0.25, 0.3) is 0 Å². The number of aliphatic carboxylic acids is 1. The molecule has 2 rings (SSSR count). The summed E-state index contributed by atoms with van der Waals surface area (Å²) in [6.45, 7) is 3.91. The van der Waals surface area contributed by atoms with Crippen LogP contribution >= 0.6 is 11.3 Å². The van der Waals surface area contributed by atoms with E-state index in [1.54, 1.807) is 23.3 Å². The first-order valence-electron chi connectivity index (χ1n) is 6.46. The van der Waals surface area contributed by atoms with Crippen LogP contribution in [0.2, 0.25) is 0 Å². The van der Waals surface area contributed by atoms with E-state index in [9.17, 15) is 19.5 Å². The van der Waals surface area contributed by atoms with E-state index in [0.717, 1.165) is 0 Å². The van der Waals surface area contributed by atoms with E-state index in [1.807, 2.05) is 0 Å². The zero-order chi connectivity index (χ0) is 14.9. The van der Waals surface area contributed by atoms with Gasteiger partial charge in [-0.2, -0.15) is 0 Å². The van der Waals surface area contributed by atoms with Crippen molar-refractivity contribution >= 4 is 29.0 Å². The number of likely N-dealkylation sites (tertiary alicyclic amines) is 1. The van der Waals surface area contributed by atoms with E-state index in [0.29, 0.717) is 29.8 Å². The van der Waals surface area contributed by atoms with Crippen molar-refractivity contribution in [1.82, 2.24) is 4.90 Å². The molecular formula is C14H17NO4S. The maximum Gasteiger partial charge on any atom is 0.311 e. The van der Waals surface area contributed by atoms with Crippen molar-refractivity contribution in [2.24, 2.45) is 5.41 Å². The Balaban J connectivity index is 2.16. The van der Waals surface area contributed by atoms with Gasteiger partial charge < -0.3 is 10.0 Å². The first-order valence-corrected chi connectivity index (χ1v) is 7.33. The summed E-state index contributed by atoms with van der Waals surface area (Å²) in [4.78, 5) is 37.0. The Morgan fingerprint density at radius 1 is 1.40 bits per heavy atom. The molecule has 1 atom stereocenters. The topological polar surface area (TPSA) is 74.7 Å². The minimum atomic E-state index is -0.880. The largest absolute Gasteiger partial charge is 0.481 e. The van der Waals surface area contributed by atoms with Gasteiger partial charge in [0.2, 0.25) is 0 Å². The third kappa shape index (κ3) is 2.75. The van der Waals surface area contributed by atoms with Crippen LogP contribution in [0.4, 0.5) is 0 Å². The molecule has 5 nitrogen and oxygen atoms in total. The number of hydrogen-bond donors (Lipinski definition) is 1. The highest BCUT2D eigenvalue weighted by Crippen LogP contribution is 2.31. The van der Waals surface area contributed by atoms with Crippen molar-refractivity contribution < 1.29 is 19.5 Å². The van der Waals surface area contributed by atoms with Crippen LogP contribution in [-0.2, 0) is 4.79 Å². The van der Waals surface area contributed by atoms with Crippen molar-refractivity contribution in [3.05, 3.63) is 21.9 Å². The molecule has 1 saturated heterocycles. The standard InChI is InChI=1S/C14H17NO4S/c1-9(16)10-6-11(20-7-10)12(17)15-5-3-4-14(2,8-15)13(18)19/h6-7H,3-5,8H2,1-2H3,(H,18,19). The van der Waals surface area contributed by atoms with Gasteiger partial charge in [0.25, 0.3) is 5.91 Å². The summed E-state index contributed by atoms with van der Waals surface area (Å²) in [6.07, 6.45) is 1.26. The molecule has 6 heteroatoms. The van der Waals surface area contributed by atoms with Gasteiger partial charge in [0.1, 0.15) is 0 Å². The Hall–Kier alpha value is -1.69. The average molecular weight is 295 g/mol. The van der Waals surface area contributed by atoms with Gasteiger partial charge in [-0.1, -0.05) is 0 Å². The molecule has 1 amide bonds. The molecule has 0 aliphatic carbocycles. The molecule has 0 bridgehead atoms. The minimum Gasteiger partial charge on any atom is -0.481 e. The molecule has 108 valence electrons. The van der Waals surface area contributed by atoms with Crippen LogP contribution in [0.5, 0.6) is 0 Å². The van der Waals surface area contributed by atoms with Gasteiger partial charge >= 0.3 is 5.97 Å². The summed E-state index contributed by atoms with van der Waals surface area (Å²) in [5.41, 5.74) is -0.356. The van der Waals surface area contributed by atoms with Crippen LogP contribution < -0.4 is 0 Å². The fourth-order valence-electron chi connectivity index (χ4n) is 2.38. The second-order valence-electron chi connectivity index (χ2n) is 5.45. The van der Waals surface area contributed by atoms with E-state index in [1.165, 1.54) is 18.3 Å². The molecule has 0 radical (unpaired) electrons. The highest BCUT2D eigenvalue weighted by Gasteiger charge is 2.39. The van der Waals surface area contributed by atoms with Gasteiger partial charge in [-0.15, -0.1) is 11.3 Å². The fraction of sp³-hybridized carbons (Fsp3) is 0.500. The molecule has 0 spiro atoms. The lowest BCUT2D eigenvalue weighted by Gasteiger charge is -2.37. The number of Topliss-reactive ketones (excluding diaryl/α,β-unsaturated/α-hetero) is 1. The number of amides is 1. The van der Waals surface area contributed by atoms with E-state index in [2.05, 4.69) is 0 Å². The normalized spacial score (nSPS) is 22.6. The van der Waals surface area contributed by atoms with Crippen molar-refractivity contribution in [2.75, 3.05) is 13.1 Å². The predicted molar refractivity (Wildman–Crippen MR) is 75.2 cm³/mol. The van der Waals surface area contributed by atoms with Crippen molar-refractivity contribution in [2.45, 2.75) is 26.7 Å². The zero-order valence-corrected chi connectivity index (χ0v) is 12.3. The first-order chi connectivity index (χ1) is 9.33. The first kappa shape index (κ1) is 14.7. The summed E-state index contributed by atoms with van der Waals surface area (Å²) >= 11 is 1.23. The summed E-state index contributed by atoms with van der Waals surface area (Å²) in [5, 5.41) is 10.9. The maximum absolute atomic E-state index is 12.4. The molecule has 1 aromatic rings. The Kier molecular flexibility index (Phi) is 3.94. The molecule has 0 saturated carbocycles. The number of hydrogen-bond acceptors (Lipinski definition) is 4. The second-order valence-corrected chi connectivity index (χ2v) is 6.36. The SMILES string of the molecule is CC(=O)c1csc(C(=O)N2CCCC(C)(C(=O)O)C2)c1. The van der Waals surface area contributed by atoms with Crippen LogP contribution in [0, 0.1) is 5.41 Å². The highest BCUT2D eigenvalue weighted by atomic mass is 32.1. The molecule has 2 heterocycles. The number of carboxylic acid groups (broad SMARTS) is 1. The molecule has 1 fully saturated rings. The lowest BCUT2D eigenvalue weighted by atomic mass is 9.82. The molecular weight excluding hydrogens is 278 g/mol. The van der Waals surface area contributed by atoms with E-state index in [-0.39, 0.29) is 18.2 Å². The summed E-state index contributed by atoms with van der Waals surface area (Å²) in [6, 6.07) is 1.59. The molecule has 1 aliphatic rings. The van der Waals surface area contributed by atoms with Crippen LogP contribution in [0.1, 0.15) is 46.7 Å². The third-order valence-electron chi connectivity index (χ3n) is 3.72. The van der Waals surface area contributed by atoms with Gasteiger partial charge in [0.15, 0.2) is 5.78 Å². The van der Waals surface area contributed by atoms with Gasteiger partial charge in [0.05, 0.1) is 10.3 Å². The second kappa shape index (κ2) is 5.36. The summed E-state index contributed by atoms with van der Waals surface area (Å²) < 4.78 is 0. The molecule has 1 aromatic heterocycles. The average Bonchev–Trinajstić information content (AvgIpc) is 2.87. The number of carbonyl (C=O) groups excluding carboxylic acids is 2. The van der Waals surface area contributed by atoms with E-state index in [4.69, 9.17) is 0 Å². The summed E-state index contributed by atoms with van der Waals surface area (Å²) in [5.74, 6) is -1.13. The zero-order valence-electron chi connectivity index (χ0n) is 11.5. The number of nitrogens with zero attached hydrogens (tertiary/aromatic N) is 1. The van der Waals surface area contributed by atoms with E-state index < -0.39 is 11.4 Å². The van der Waals surface area contributed by atoms with Crippen LogP contribution in [-0.4, -0.2) is 40.8 Å². The van der Waals surface area contributed by atoms with Crippen LogP contribution in [0.3, 0.4) is 0 Å². The Labute approximate surface area is 121 Å². The number of carbonyl (C=O) groups is 3. The molecule has 20 heavy (non-hydrogen) atoms. The lowest BCUT2D eigenvalue weighted by Crippen LogP contribution is -2.48. The van der Waals surface area contributed by atoms with Crippen molar-refractivity contribution in [1.29, 1.82) is 0 Å². The van der Waals surface area contributed by atoms with E-state index >= 15 is 0 Å². The molecule has 1 unspecified atom stereocenters. The minimum absolute atomic E-state index is 0.0747.